The fourth-order valence-electron chi connectivity index (χ4n) is 1.61. The van der Waals surface area contributed by atoms with Gasteiger partial charge in [0.1, 0.15) is 16.5 Å². The summed E-state index contributed by atoms with van der Waals surface area (Å²) in [6.07, 6.45) is 1.27. The van der Waals surface area contributed by atoms with E-state index in [1.165, 1.54) is 0 Å². The van der Waals surface area contributed by atoms with E-state index in [9.17, 15) is 4.79 Å². The van der Waals surface area contributed by atoms with Crippen LogP contribution in [0.15, 0.2) is 29.6 Å². The van der Waals surface area contributed by atoms with Gasteiger partial charge in [0.15, 0.2) is 0 Å². The van der Waals surface area contributed by atoms with E-state index >= 15 is 0 Å². The van der Waals surface area contributed by atoms with E-state index in [-0.39, 0.29) is 5.78 Å². The first-order valence-corrected chi connectivity index (χ1v) is 6.65. The molecule has 1 heterocycles. The minimum atomic E-state index is 0.200. The molecule has 3 nitrogen and oxygen atoms in total. The third kappa shape index (κ3) is 3.17. The van der Waals surface area contributed by atoms with Gasteiger partial charge in [-0.25, -0.2) is 4.98 Å². The summed E-state index contributed by atoms with van der Waals surface area (Å²) in [5.74, 6) is 1.03. The van der Waals surface area contributed by atoms with Crippen LogP contribution in [0.4, 0.5) is 0 Å². The van der Waals surface area contributed by atoms with E-state index in [1.54, 1.807) is 25.4 Å². The van der Waals surface area contributed by atoms with Crippen molar-refractivity contribution in [1.82, 2.24) is 4.98 Å². The van der Waals surface area contributed by atoms with Gasteiger partial charge in [0, 0.05) is 17.4 Å². The second kappa shape index (κ2) is 5.78. The molecule has 2 aromatic rings. The third-order valence-corrected chi connectivity index (χ3v) is 3.54. The summed E-state index contributed by atoms with van der Waals surface area (Å²) in [6, 6.07) is 7.84. The Hall–Kier alpha value is -1.68. The Balaban J connectivity index is 2.15. The Morgan fingerprint density at radius 1 is 1.44 bits per heavy atom. The van der Waals surface area contributed by atoms with E-state index in [0.29, 0.717) is 6.42 Å². The molecule has 0 N–H and O–H groups in total. The number of nitrogens with zero attached hydrogens (tertiary/aromatic N) is 1. The largest absolute Gasteiger partial charge is 0.497 e. The maximum absolute atomic E-state index is 10.9. The van der Waals surface area contributed by atoms with Crippen LogP contribution in [0.1, 0.15) is 19.0 Å². The third-order valence-electron chi connectivity index (χ3n) is 2.60. The number of ketones is 1. The Morgan fingerprint density at radius 2 is 2.28 bits per heavy atom. The highest BCUT2D eigenvalue weighted by atomic mass is 32.1. The van der Waals surface area contributed by atoms with E-state index in [4.69, 9.17) is 4.74 Å². The van der Waals surface area contributed by atoms with Crippen LogP contribution >= 0.6 is 11.3 Å². The molecule has 0 saturated carbocycles. The molecule has 1 aromatic heterocycles. The monoisotopic (exact) mass is 261 g/mol. The van der Waals surface area contributed by atoms with Crippen LogP contribution in [0.2, 0.25) is 0 Å². The van der Waals surface area contributed by atoms with Gasteiger partial charge in [-0.1, -0.05) is 12.1 Å². The van der Waals surface area contributed by atoms with Crippen molar-refractivity contribution >= 4 is 17.1 Å². The summed E-state index contributed by atoms with van der Waals surface area (Å²) < 4.78 is 5.19. The van der Waals surface area contributed by atoms with E-state index in [1.807, 2.05) is 29.6 Å². The van der Waals surface area contributed by atoms with E-state index in [0.717, 1.165) is 28.4 Å². The van der Waals surface area contributed by atoms with Crippen LogP contribution < -0.4 is 4.74 Å². The number of thiazole rings is 1. The van der Waals surface area contributed by atoms with Crippen molar-refractivity contribution in [2.45, 2.75) is 19.8 Å². The second-order valence-corrected chi connectivity index (χ2v) is 4.94. The van der Waals surface area contributed by atoms with Gasteiger partial charge in [-0.15, -0.1) is 11.3 Å². The number of carbonyl (C=O) groups excluding carboxylic acids is 1. The Bertz CT molecular complexity index is 548. The first-order valence-electron chi connectivity index (χ1n) is 5.77. The van der Waals surface area contributed by atoms with Crippen molar-refractivity contribution < 1.29 is 9.53 Å². The number of hydrogen-bond acceptors (Lipinski definition) is 4. The molecule has 18 heavy (non-hydrogen) atoms. The van der Waals surface area contributed by atoms with Crippen LogP contribution in [0, 0.1) is 0 Å². The zero-order valence-electron chi connectivity index (χ0n) is 10.5. The number of carbonyl (C=O) groups is 1. The van der Waals surface area contributed by atoms with Gasteiger partial charge in [-0.05, 0) is 25.5 Å². The van der Waals surface area contributed by atoms with Gasteiger partial charge in [0.2, 0.25) is 0 Å². The Labute approximate surface area is 110 Å². The average molecular weight is 261 g/mol. The smallest absolute Gasteiger partial charge is 0.130 e. The molecule has 0 bridgehead atoms. The number of ether oxygens (including phenoxy) is 1. The first-order chi connectivity index (χ1) is 8.69. The normalized spacial score (nSPS) is 10.3. The Kier molecular flexibility index (Phi) is 4.10. The molecule has 0 saturated heterocycles. The van der Waals surface area contributed by atoms with Gasteiger partial charge in [0.05, 0.1) is 12.8 Å². The number of Topliss-reactive ketones (excluding diaryl/α,β-unsaturated/α-hetero) is 1. The molecule has 0 fully saturated rings. The van der Waals surface area contributed by atoms with Gasteiger partial charge in [-0.3, -0.25) is 0 Å². The maximum Gasteiger partial charge on any atom is 0.130 e. The van der Waals surface area contributed by atoms with E-state index < -0.39 is 0 Å². The lowest BCUT2D eigenvalue weighted by Crippen LogP contribution is -1.94. The number of aromatic nitrogens is 1. The highest BCUT2D eigenvalue weighted by Crippen LogP contribution is 2.27. The van der Waals surface area contributed by atoms with Gasteiger partial charge < -0.3 is 9.53 Å². The SMILES string of the molecule is COc1cccc(-c2nc(CCC(C)=O)cs2)c1. The molecule has 0 radical (unpaired) electrons. The lowest BCUT2D eigenvalue weighted by molar-refractivity contribution is -0.116. The van der Waals surface area contributed by atoms with Gasteiger partial charge in [0.25, 0.3) is 0 Å². The van der Waals surface area contributed by atoms with Crippen molar-refractivity contribution in [2.75, 3.05) is 7.11 Å². The van der Waals surface area contributed by atoms with Crippen molar-refractivity contribution in [3.63, 3.8) is 0 Å². The lowest BCUT2D eigenvalue weighted by Gasteiger charge is -2.01. The molecular weight excluding hydrogens is 246 g/mol. The summed E-state index contributed by atoms with van der Waals surface area (Å²) in [5.41, 5.74) is 2.03. The minimum absolute atomic E-state index is 0.200. The highest BCUT2D eigenvalue weighted by Gasteiger charge is 2.06. The van der Waals surface area contributed by atoms with Crippen molar-refractivity contribution in [1.29, 1.82) is 0 Å². The Morgan fingerprint density at radius 3 is 3.00 bits per heavy atom. The average Bonchev–Trinajstić information content (AvgIpc) is 2.85. The summed E-state index contributed by atoms with van der Waals surface area (Å²) in [4.78, 5) is 15.5. The van der Waals surface area contributed by atoms with Crippen LogP contribution in [0.25, 0.3) is 10.6 Å². The number of benzene rings is 1. The maximum atomic E-state index is 10.9. The summed E-state index contributed by atoms with van der Waals surface area (Å²) >= 11 is 1.60. The predicted octanol–water partition coefficient (Wildman–Crippen LogP) is 3.34. The van der Waals surface area contributed by atoms with Crippen molar-refractivity contribution in [3.8, 4) is 16.3 Å². The topological polar surface area (TPSA) is 39.2 Å². The fourth-order valence-corrected chi connectivity index (χ4v) is 2.47. The number of hydrogen-bond donors (Lipinski definition) is 0. The fraction of sp³-hybridized carbons (Fsp3) is 0.286. The quantitative estimate of drug-likeness (QED) is 0.828. The van der Waals surface area contributed by atoms with Crippen LogP contribution in [0.3, 0.4) is 0 Å². The lowest BCUT2D eigenvalue weighted by atomic mass is 10.2. The molecule has 94 valence electrons. The molecule has 1 aromatic carbocycles. The minimum Gasteiger partial charge on any atom is -0.497 e. The van der Waals surface area contributed by atoms with Crippen LogP contribution in [-0.4, -0.2) is 17.9 Å². The summed E-state index contributed by atoms with van der Waals surface area (Å²) in [7, 11) is 1.65. The molecule has 0 aliphatic heterocycles. The van der Waals surface area contributed by atoms with Crippen molar-refractivity contribution in [2.24, 2.45) is 0 Å². The van der Waals surface area contributed by atoms with Crippen LogP contribution in [-0.2, 0) is 11.2 Å². The summed E-state index contributed by atoms with van der Waals surface area (Å²) in [6.45, 7) is 1.61. The zero-order valence-corrected chi connectivity index (χ0v) is 11.3. The number of methoxy groups -OCH3 is 1. The molecule has 0 atom stereocenters. The van der Waals surface area contributed by atoms with Crippen LogP contribution in [0.5, 0.6) is 5.75 Å². The van der Waals surface area contributed by atoms with Gasteiger partial charge >= 0.3 is 0 Å². The molecule has 4 heteroatoms. The van der Waals surface area contributed by atoms with E-state index in [2.05, 4.69) is 4.98 Å². The molecular formula is C14H15NO2S. The molecule has 0 spiro atoms. The van der Waals surface area contributed by atoms with Crippen molar-refractivity contribution in [3.05, 3.63) is 35.3 Å². The highest BCUT2D eigenvalue weighted by molar-refractivity contribution is 7.13. The second-order valence-electron chi connectivity index (χ2n) is 4.08. The first kappa shape index (κ1) is 12.8. The molecule has 0 aliphatic carbocycles. The van der Waals surface area contributed by atoms with Gasteiger partial charge in [-0.2, -0.15) is 0 Å². The number of rotatable bonds is 5. The standard InChI is InChI=1S/C14H15NO2S/c1-10(16)6-7-12-9-18-14(15-12)11-4-3-5-13(8-11)17-2/h3-5,8-9H,6-7H2,1-2H3. The molecule has 0 unspecified atom stereocenters. The zero-order chi connectivity index (χ0) is 13.0. The number of aryl methyl sites for hydroxylation is 1. The predicted molar refractivity (Wildman–Crippen MR) is 73.1 cm³/mol. The summed E-state index contributed by atoms with van der Waals surface area (Å²) in [5, 5.41) is 2.98. The molecule has 0 aliphatic rings. The molecule has 0 amide bonds. The molecule has 2 rings (SSSR count).